The van der Waals surface area contributed by atoms with E-state index >= 15 is 0 Å². The topological polar surface area (TPSA) is 57.0 Å². The highest BCUT2D eigenvalue weighted by Crippen LogP contribution is 2.41. The molecule has 0 radical (unpaired) electrons. The van der Waals surface area contributed by atoms with Crippen molar-refractivity contribution in [3.05, 3.63) is 15.6 Å². The molecule has 5 heteroatoms. The molecule has 22 heavy (non-hydrogen) atoms. The van der Waals surface area contributed by atoms with Crippen molar-refractivity contribution < 1.29 is 4.79 Å². The Morgan fingerprint density at radius 2 is 2.09 bits per heavy atom. The molecule has 3 rings (SSSR count). The third kappa shape index (κ3) is 2.65. The van der Waals surface area contributed by atoms with Gasteiger partial charge in [-0.15, -0.1) is 11.3 Å². The first-order valence-corrected chi connectivity index (χ1v) is 9.02. The molecule has 1 aromatic rings. The second kappa shape index (κ2) is 6.00. The van der Waals surface area contributed by atoms with E-state index in [-0.39, 0.29) is 5.91 Å². The normalized spacial score (nSPS) is 24.2. The fourth-order valence-electron chi connectivity index (χ4n) is 3.69. The number of likely N-dealkylation sites (tertiary alicyclic amines) is 1. The molecule has 1 aliphatic carbocycles. The standard InChI is InChI=1S/C17H23N3OS/c1-12-13(2)22-15(19-12)14-6-5-9-20(10-14)16(21)17(11-18)7-3-4-8-17/h14H,3-10H2,1-2H3/t14-/m1/s1. The molecule has 118 valence electrons. The summed E-state index contributed by atoms with van der Waals surface area (Å²) in [5.41, 5.74) is 0.365. The third-order valence-corrected chi connectivity index (χ3v) is 6.42. The smallest absolute Gasteiger partial charge is 0.243 e. The van der Waals surface area contributed by atoms with E-state index in [0.717, 1.165) is 62.3 Å². The van der Waals surface area contributed by atoms with Gasteiger partial charge in [0, 0.05) is 23.9 Å². The minimum Gasteiger partial charge on any atom is -0.341 e. The number of thiazole rings is 1. The molecule has 0 unspecified atom stereocenters. The van der Waals surface area contributed by atoms with Crippen molar-refractivity contribution in [2.75, 3.05) is 13.1 Å². The molecule has 4 nitrogen and oxygen atoms in total. The summed E-state index contributed by atoms with van der Waals surface area (Å²) >= 11 is 1.76. The van der Waals surface area contributed by atoms with Gasteiger partial charge in [-0.25, -0.2) is 4.98 Å². The Morgan fingerprint density at radius 3 is 2.68 bits per heavy atom. The van der Waals surface area contributed by atoms with Crippen molar-refractivity contribution in [1.82, 2.24) is 9.88 Å². The second-order valence-corrected chi connectivity index (χ2v) is 7.92. The van der Waals surface area contributed by atoms with Gasteiger partial charge in [-0.1, -0.05) is 12.8 Å². The number of piperidine rings is 1. The van der Waals surface area contributed by atoms with Crippen molar-refractivity contribution in [1.29, 1.82) is 5.26 Å². The van der Waals surface area contributed by atoms with Crippen molar-refractivity contribution in [2.24, 2.45) is 5.41 Å². The van der Waals surface area contributed by atoms with Gasteiger partial charge in [0.15, 0.2) is 0 Å². The molecule has 0 aromatic carbocycles. The number of aryl methyl sites for hydroxylation is 2. The zero-order valence-corrected chi connectivity index (χ0v) is 14.2. The number of aromatic nitrogens is 1. The average Bonchev–Trinajstić information content (AvgIpc) is 3.15. The van der Waals surface area contributed by atoms with Crippen molar-refractivity contribution in [2.45, 2.75) is 58.3 Å². The lowest BCUT2D eigenvalue weighted by Crippen LogP contribution is -2.46. The van der Waals surface area contributed by atoms with Crippen LogP contribution in [0.15, 0.2) is 0 Å². The van der Waals surface area contributed by atoms with Crippen LogP contribution >= 0.6 is 11.3 Å². The molecular formula is C17H23N3OS. The summed E-state index contributed by atoms with van der Waals surface area (Å²) in [4.78, 5) is 20.8. The van der Waals surface area contributed by atoms with E-state index in [2.05, 4.69) is 18.0 Å². The van der Waals surface area contributed by atoms with Crippen LogP contribution in [-0.4, -0.2) is 28.9 Å². The van der Waals surface area contributed by atoms with Crippen LogP contribution in [-0.2, 0) is 4.79 Å². The predicted octanol–water partition coefficient (Wildman–Crippen LogP) is 3.55. The van der Waals surface area contributed by atoms with Crippen LogP contribution in [0.25, 0.3) is 0 Å². The van der Waals surface area contributed by atoms with E-state index in [9.17, 15) is 10.1 Å². The van der Waals surface area contributed by atoms with Gasteiger partial charge >= 0.3 is 0 Å². The summed E-state index contributed by atoms with van der Waals surface area (Å²) in [6.45, 7) is 5.67. The lowest BCUT2D eigenvalue weighted by Gasteiger charge is -2.35. The molecule has 1 amide bonds. The summed E-state index contributed by atoms with van der Waals surface area (Å²) in [7, 11) is 0. The largest absolute Gasteiger partial charge is 0.341 e. The maximum Gasteiger partial charge on any atom is 0.243 e. The molecule has 2 fully saturated rings. The van der Waals surface area contributed by atoms with Gasteiger partial charge in [0.25, 0.3) is 0 Å². The second-order valence-electron chi connectivity index (χ2n) is 6.69. The number of hydrogen-bond donors (Lipinski definition) is 0. The Morgan fingerprint density at radius 1 is 1.36 bits per heavy atom. The number of nitrogens with zero attached hydrogens (tertiary/aromatic N) is 3. The zero-order valence-electron chi connectivity index (χ0n) is 13.4. The van der Waals surface area contributed by atoms with E-state index in [1.807, 2.05) is 11.8 Å². The van der Waals surface area contributed by atoms with Crippen LogP contribution in [0.5, 0.6) is 0 Å². The highest BCUT2D eigenvalue weighted by molar-refractivity contribution is 7.11. The highest BCUT2D eigenvalue weighted by atomic mass is 32.1. The molecule has 1 aromatic heterocycles. The lowest BCUT2D eigenvalue weighted by atomic mass is 9.85. The number of amides is 1. The molecule has 1 saturated heterocycles. The summed E-state index contributed by atoms with van der Waals surface area (Å²) in [5, 5.41) is 10.7. The molecule has 2 heterocycles. The van der Waals surface area contributed by atoms with E-state index in [4.69, 9.17) is 0 Å². The monoisotopic (exact) mass is 317 g/mol. The summed E-state index contributed by atoms with van der Waals surface area (Å²) < 4.78 is 0. The van der Waals surface area contributed by atoms with E-state index in [1.165, 1.54) is 4.88 Å². The molecule has 2 aliphatic rings. The number of hydrogen-bond acceptors (Lipinski definition) is 4. The maximum absolute atomic E-state index is 12.9. The van der Waals surface area contributed by atoms with Crippen molar-refractivity contribution in [3.63, 3.8) is 0 Å². The highest BCUT2D eigenvalue weighted by Gasteiger charge is 2.45. The third-order valence-electron chi connectivity index (χ3n) is 5.18. The van der Waals surface area contributed by atoms with Gasteiger partial charge < -0.3 is 4.90 Å². The van der Waals surface area contributed by atoms with Crippen molar-refractivity contribution >= 4 is 17.2 Å². The number of rotatable bonds is 2. The van der Waals surface area contributed by atoms with Crippen LogP contribution in [0.4, 0.5) is 0 Å². The maximum atomic E-state index is 12.9. The molecule has 0 bridgehead atoms. The Balaban J connectivity index is 1.75. The first kappa shape index (κ1) is 15.5. The number of nitriles is 1. The van der Waals surface area contributed by atoms with Gasteiger partial charge in [0.1, 0.15) is 5.41 Å². The SMILES string of the molecule is Cc1nc([C@@H]2CCCN(C(=O)C3(C#N)CCCC3)C2)sc1C. The molecular weight excluding hydrogens is 294 g/mol. The molecule has 1 aliphatic heterocycles. The first-order chi connectivity index (χ1) is 10.6. The first-order valence-electron chi connectivity index (χ1n) is 8.20. The zero-order chi connectivity index (χ0) is 15.7. The minimum absolute atomic E-state index is 0.0715. The molecule has 1 saturated carbocycles. The van der Waals surface area contributed by atoms with Crippen LogP contribution in [0.3, 0.4) is 0 Å². The lowest BCUT2D eigenvalue weighted by molar-refractivity contribution is -0.140. The quantitative estimate of drug-likeness (QED) is 0.838. The molecule has 1 atom stereocenters. The van der Waals surface area contributed by atoms with E-state index < -0.39 is 5.41 Å². The van der Waals surface area contributed by atoms with Gasteiger partial charge in [-0.05, 0) is 39.5 Å². The Kier molecular flexibility index (Phi) is 4.22. The summed E-state index contributed by atoms with van der Waals surface area (Å²) in [5.74, 6) is 0.412. The van der Waals surface area contributed by atoms with Gasteiger partial charge in [0.05, 0.1) is 16.8 Å². The Hall–Kier alpha value is -1.41. The van der Waals surface area contributed by atoms with Crippen LogP contribution in [0.1, 0.15) is 60.0 Å². The Bertz CT molecular complexity index is 590. The summed E-state index contributed by atoms with van der Waals surface area (Å²) in [6, 6.07) is 2.34. The number of carbonyl (C=O) groups is 1. The van der Waals surface area contributed by atoms with Gasteiger partial charge in [0.2, 0.25) is 5.91 Å². The van der Waals surface area contributed by atoms with Crippen LogP contribution < -0.4 is 0 Å². The van der Waals surface area contributed by atoms with Gasteiger partial charge in [-0.3, -0.25) is 4.79 Å². The van der Waals surface area contributed by atoms with E-state index in [0.29, 0.717) is 5.92 Å². The minimum atomic E-state index is -0.739. The molecule has 0 spiro atoms. The average molecular weight is 317 g/mol. The van der Waals surface area contributed by atoms with Crippen LogP contribution in [0, 0.1) is 30.6 Å². The van der Waals surface area contributed by atoms with Gasteiger partial charge in [-0.2, -0.15) is 5.26 Å². The summed E-state index contributed by atoms with van der Waals surface area (Å²) in [6.07, 6.45) is 5.58. The fourth-order valence-corrected chi connectivity index (χ4v) is 4.74. The van der Waals surface area contributed by atoms with E-state index in [1.54, 1.807) is 11.3 Å². The van der Waals surface area contributed by atoms with Crippen LogP contribution in [0.2, 0.25) is 0 Å². The fraction of sp³-hybridized carbons (Fsp3) is 0.706. The van der Waals surface area contributed by atoms with Crippen molar-refractivity contribution in [3.8, 4) is 6.07 Å². The molecule has 0 N–H and O–H groups in total. The Labute approximate surface area is 136 Å². The number of carbonyl (C=O) groups excluding carboxylic acids is 1. The predicted molar refractivity (Wildman–Crippen MR) is 86.7 cm³/mol.